The molecule has 10 heteroatoms. The first-order valence-corrected chi connectivity index (χ1v) is 9.11. The van der Waals surface area contributed by atoms with E-state index in [9.17, 15) is 9.59 Å². The van der Waals surface area contributed by atoms with Gasteiger partial charge in [-0.1, -0.05) is 39.7 Å². The van der Waals surface area contributed by atoms with Crippen LogP contribution in [0.2, 0.25) is 5.02 Å². The van der Waals surface area contributed by atoms with E-state index in [-0.39, 0.29) is 30.3 Å². The van der Waals surface area contributed by atoms with Crippen molar-refractivity contribution in [3.05, 3.63) is 63.5 Å². The van der Waals surface area contributed by atoms with E-state index in [1.807, 2.05) is 24.3 Å². The van der Waals surface area contributed by atoms with Crippen molar-refractivity contribution in [2.45, 2.75) is 19.5 Å². The lowest BCUT2D eigenvalue weighted by atomic mass is 10.2. The largest absolute Gasteiger partial charge is 0.478 e. The summed E-state index contributed by atoms with van der Waals surface area (Å²) in [6, 6.07) is 7.81. The Labute approximate surface area is 167 Å². The number of aromatic nitrogens is 4. The summed E-state index contributed by atoms with van der Waals surface area (Å²) in [5.41, 5.74) is 1.12. The number of nitrogens with one attached hydrogen (secondary N) is 1. The molecule has 8 nitrogen and oxygen atoms in total. The van der Waals surface area contributed by atoms with E-state index in [0.717, 1.165) is 10.0 Å². The van der Waals surface area contributed by atoms with Gasteiger partial charge in [-0.25, -0.2) is 4.79 Å². The van der Waals surface area contributed by atoms with Gasteiger partial charge in [-0.05, 0) is 17.7 Å². The molecule has 0 atom stereocenters. The van der Waals surface area contributed by atoms with Gasteiger partial charge in [0.05, 0.1) is 18.3 Å². The van der Waals surface area contributed by atoms with E-state index < -0.39 is 5.97 Å². The summed E-state index contributed by atoms with van der Waals surface area (Å²) in [5, 5.41) is 20.0. The number of anilines is 1. The standard InChI is InChI=1S/C17H15BrClN5O3/c18-13-3-1-11(2-4-13)8-24-10-14(19)16(22-24)21-15(25)5-6-23-9-12(7-20-23)17(26)27/h1-4,7,9-10H,5-6,8H2,(H,26,27)(H,21,22,25). The number of carbonyl (C=O) groups is 2. The molecule has 0 aliphatic heterocycles. The number of rotatable bonds is 7. The fraction of sp³-hybridized carbons (Fsp3) is 0.176. The normalized spacial score (nSPS) is 10.7. The van der Waals surface area contributed by atoms with Crippen LogP contribution in [0.5, 0.6) is 0 Å². The Hall–Kier alpha value is -2.65. The molecule has 1 amide bonds. The summed E-state index contributed by atoms with van der Waals surface area (Å²) in [4.78, 5) is 22.9. The van der Waals surface area contributed by atoms with Crippen molar-refractivity contribution >= 4 is 45.2 Å². The van der Waals surface area contributed by atoms with Crippen molar-refractivity contribution in [1.82, 2.24) is 19.6 Å². The van der Waals surface area contributed by atoms with Crippen molar-refractivity contribution in [2.24, 2.45) is 0 Å². The number of aromatic carboxylic acids is 1. The number of benzene rings is 1. The highest BCUT2D eigenvalue weighted by molar-refractivity contribution is 9.10. The van der Waals surface area contributed by atoms with Crippen molar-refractivity contribution < 1.29 is 14.7 Å². The van der Waals surface area contributed by atoms with Crippen LogP contribution in [0, 0.1) is 0 Å². The van der Waals surface area contributed by atoms with Crippen LogP contribution >= 0.6 is 27.5 Å². The molecule has 0 spiro atoms. The highest BCUT2D eigenvalue weighted by atomic mass is 79.9. The maximum absolute atomic E-state index is 12.1. The van der Waals surface area contributed by atoms with Gasteiger partial charge in [0, 0.05) is 29.8 Å². The molecule has 2 N–H and O–H groups in total. The van der Waals surface area contributed by atoms with Crippen molar-refractivity contribution in [1.29, 1.82) is 0 Å². The van der Waals surface area contributed by atoms with Crippen LogP contribution in [0.4, 0.5) is 5.82 Å². The Kier molecular flexibility index (Phi) is 5.92. The molecule has 0 aliphatic rings. The van der Waals surface area contributed by atoms with E-state index in [1.54, 1.807) is 10.9 Å². The second-order valence-electron chi connectivity index (χ2n) is 5.75. The smallest absolute Gasteiger partial charge is 0.338 e. The molecule has 3 aromatic rings. The SMILES string of the molecule is O=C(CCn1cc(C(=O)O)cn1)Nc1nn(Cc2ccc(Br)cc2)cc1Cl. The van der Waals surface area contributed by atoms with Gasteiger partial charge in [0.25, 0.3) is 0 Å². The van der Waals surface area contributed by atoms with Gasteiger partial charge in [-0.15, -0.1) is 0 Å². The summed E-state index contributed by atoms with van der Waals surface area (Å²) in [6.07, 6.45) is 4.36. The van der Waals surface area contributed by atoms with Crippen molar-refractivity contribution in [3.63, 3.8) is 0 Å². The molecular formula is C17H15BrClN5O3. The lowest BCUT2D eigenvalue weighted by molar-refractivity contribution is -0.116. The van der Waals surface area contributed by atoms with Gasteiger partial charge in [-0.3, -0.25) is 14.2 Å². The fourth-order valence-corrected chi connectivity index (χ4v) is 2.81. The van der Waals surface area contributed by atoms with Crippen molar-refractivity contribution in [2.75, 3.05) is 5.32 Å². The minimum absolute atomic E-state index is 0.0742. The van der Waals surface area contributed by atoms with Crippen molar-refractivity contribution in [3.8, 4) is 0 Å². The molecule has 2 aromatic heterocycles. The molecule has 140 valence electrons. The summed E-state index contributed by atoms with van der Waals surface area (Å²) in [6.45, 7) is 0.768. The molecular weight excluding hydrogens is 438 g/mol. The Morgan fingerprint density at radius 3 is 2.59 bits per heavy atom. The average molecular weight is 453 g/mol. The number of hydrogen-bond acceptors (Lipinski definition) is 4. The molecule has 1 aromatic carbocycles. The molecule has 0 unspecified atom stereocenters. The molecule has 0 saturated heterocycles. The zero-order valence-corrected chi connectivity index (χ0v) is 16.3. The maximum Gasteiger partial charge on any atom is 0.338 e. The number of carbonyl (C=O) groups excluding carboxylic acids is 1. The van der Waals surface area contributed by atoms with E-state index in [2.05, 4.69) is 31.4 Å². The number of amides is 1. The van der Waals surface area contributed by atoms with Gasteiger partial charge in [0.1, 0.15) is 5.02 Å². The Bertz CT molecular complexity index is 967. The first-order chi connectivity index (χ1) is 12.9. The van der Waals surface area contributed by atoms with Crippen LogP contribution in [0.1, 0.15) is 22.3 Å². The third-order valence-corrected chi connectivity index (χ3v) is 4.49. The van der Waals surface area contributed by atoms with Crippen LogP contribution in [0.3, 0.4) is 0 Å². The molecule has 0 fully saturated rings. The van der Waals surface area contributed by atoms with Gasteiger partial charge in [0.15, 0.2) is 5.82 Å². The molecule has 0 aliphatic carbocycles. The molecule has 27 heavy (non-hydrogen) atoms. The van der Waals surface area contributed by atoms with Crippen LogP contribution in [-0.2, 0) is 17.9 Å². The van der Waals surface area contributed by atoms with Gasteiger partial charge >= 0.3 is 5.97 Å². The zero-order chi connectivity index (χ0) is 19.4. The lowest BCUT2D eigenvalue weighted by Crippen LogP contribution is -2.15. The Morgan fingerprint density at radius 2 is 1.93 bits per heavy atom. The third kappa shape index (κ3) is 5.18. The first kappa shape index (κ1) is 19.1. The summed E-state index contributed by atoms with van der Waals surface area (Å²) in [5.74, 6) is -1.07. The monoisotopic (exact) mass is 451 g/mol. The number of hydrogen-bond donors (Lipinski definition) is 2. The minimum Gasteiger partial charge on any atom is -0.478 e. The van der Waals surface area contributed by atoms with Gasteiger partial charge in [-0.2, -0.15) is 10.2 Å². The number of aryl methyl sites for hydroxylation is 1. The molecule has 0 bridgehead atoms. The number of halogens is 2. The van der Waals surface area contributed by atoms with E-state index in [0.29, 0.717) is 11.6 Å². The Balaban J connectivity index is 1.56. The quantitative estimate of drug-likeness (QED) is 0.573. The highest BCUT2D eigenvalue weighted by Gasteiger charge is 2.12. The predicted molar refractivity (Wildman–Crippen MR) is 103 cm³/mol. The summed E-state index contributed by atoms with van der Waals surface area (Å²) in [7, 11) is 0. The number of carboxylic acid groups (broad SMARTS) is 1. The minimum atomic E-state index is -1.06. The van der Waals surface area contributed by atoms with Gasteiger partial charge in [0.2, 0.25) is 5.91 Å². The van der Waals surface area contributed by atoms with Crippen LogP contribution < -0.4 is 5.32 Å². The summed E-state index contributed by atoms with van der Waals surface area (Å²) < 4.78 is 4.04. The molecule has 0 saturated carbocycles. The predicted octanol–water partition coefficient (Wildman–Crippen LogP) is 3.27. The highest BCUT2D eigenvalue weighted by Crippen LogP contribution is 2.20. The van der Waals surface area contributed by atoms with Crippen LogP contribution in [0.25, 0.3) is 0 Å². The second kappa shape index (κ2) is 8.36. The second-order valence-corrected chi connectivity index (χ2v) is 7.07. The van der Waals surface area contributed by atoms with E-state index in [4.69, 9.17) is 16.7 Å². The number of carboxylic acids is 1. The zero-order valence-electron chi connectivity index (χ0n) is 14.0. The Morgan fingerprint density at radius 1 is 1.19 bits per heavy atom. The first-order valence-electron chi connectivity index (χ1n) is 7.93. The number of nitrogens with zero attached hydrogens (tertiary/aromatic N) is 4. The topological polar surface area (TPSA) is 102 Å². The van der Waals surface area contributed by atoms with E-state index >= 15 is 0 Å². The summed E-state index contributed by atoms with van der Waals surface area (Å²) >= 11 is 9.53. The van der Waals surface area contributed by atoms with Crippen LogP contribution in [-0.4, -0.2) is 36.5 Å². The van der Waals surface area contributed by atoms with Crippen LogP contribution in [0.15, 0.2) is 47.3 Å². The third-order valence-electron chi connectivity index (χ3n) is 3.68. The molecule has 0 radical (unpaired) electrons. The maximum atomic E-state index is 12.1. The lowest BCUT2D eigenvalue weighted by Gasteiger charge is -2.04. The fourth-order valence-electron chi connectivity index (χ4n) is 2.35. The molecule has 2 heterocycles. The average Bonchev–Trinajstić information content (AvgIpc) is 3.22. The van der Waals surface area contributed by atoms with Gasteiger partial charge < -0.3 is 10.4 Å². The molecule has 3 rings (SSSR count). The van der Waals surface area contributed by atoms with E-state index in [1.165, 1.54) is 17.1 Å².